The molecule has 6 nitrogen and oxygen atoms in total. The first kappa shape index (κ1) is 15.6. The predicted molar refractivity (Wildman–Crippen MR) is 71.3 cm³/mol. The minimum absolute atomic E-state index is 0.0415. The van der Waals surface area contributed by atoms with Crippen molar-refractivity contribution in [1.29, 1.82) is 0 Å². The molecule has 1 aliphatic heterocycles. The molecular weight excluding hydrogens is 246 g/mol. The van der Waals surface area contributed by atoms with Crippen molar-refractivity contribution in [2.24, 2.45) is 0 Å². The molecule has 0 spiro atoms. The molecule has 0 bridgehead atoms. The summed E-state index contributed by atoms with van der Waals surface area (Å²) in [6.07, 6.45) is 0.141. The number of carbonyl (C=O) groups is 3. The zero-order chi connectivity index (χ0) is 14.6. The number of likely N-dealkylation sites (N-methyl/N-ethyl adjacent to an activating group) is 2. The fourth-order valence-electron chi connectivity index (χ4n) is 2.33. The first-order chi connectivity index (χ1) is 8.96. The summed E-state index contributed by atoms with van der Waals surface area (Å²) < 4.78 is 0. The van der Waals surface area contributed by atoms with Gasteiger partial charge < -0.3 is 4.90 Å². The molecule has 6 heteroatoms. The van der Waals surface area contributed by atoms with E-state index in [2.05, 4.69) is 5.32 Å². The van der Waals surface area contributed by atoms with Crippen molar-refractivity contribution in [3.05, 3.63) is 0 Å². The molecule has 19 heavy (non-hydrogen) atoms. The molecule has 0 saturated carbocycles. The van der Waals surface area contributed by atoms with Gasteiger partial charge in [-0.3, -0.25) is 24.6 Å². The van der Waals surface area contributed by atoms with Crippen molar-refractivity contribution >= 4 is 17.7 Å². The van der Waals surface area contributed by atoms with Crippen LogP contribution in [0.5, 0.6) is 0 Å². The van der Waals surface area contributed by atoms with Gasteiger partial charge in [0.1, 0.15) is 0 Å². The molecule has 1 N–H and O–H groups in total. The number of nitrogens with zero attached hydrogens (tertiary/aromatic N) is 2. The van der Waals surface area contributed by atoms with Crippen molar-refractivity contribution in [2.45, 2.75) is 46.2 Å². The number of hydrogen-bond acceptors (Lipinski definition) is 4. The molecule has 2 unspecified atom stereocenters. The molecule has 1 heterocycles. The van der Waals surface area contributed by atoms with Gasteiger partial charge in [-0.25, -0.2) is 0 Å². The largest absolute Gasteiger partial charge is 0.342 e. The second kappa shape index (κ2) is 6.65. The van der Waals surface area contributed by atoms with Gasteiger partial charge in [0.05, 0.1) is 18.5 Å². The second-order valence-corrected chi connectivity index (χ2v) is 4.63. The maximum Gasteiger partial charge on any atom is 0.246 e. The first-order valence-corrected chi connectivity index (χ1v) is 6.85. The molecule has 0 aromatic rings. The number of nitrogens with one attached hydrogen (secondary N) is 1. The average Bonchev–Trinajstić information content (AvgIpc) is 2.65. The average molecular weight is 269 g/mol. The quantitative estimate of drug-likeness (QED) is 0.688. The summed E-state index contributed by atoms with van der Waals surface area (Å²) in [4.78, 5) is 38.5. The summed E-state index contributed by atoms with van der Waals surface area (Å²) in [6, 6.07) is -1.03. The van der Waals surface area contributed by atoms with Crippen LogP contribution in [0.3, 0.4) is 0 Å². The van der Waals surface area contributed by atoms with Gasteiger partial charge in [0.2, 0.25) is 17.7 Å². The third kappa shape index (κ3) is 3.32. The number of likely N-dealkylation sites (tertiary alicyclic amines) is 1. The topological polar surface area (TPSA) is 69.7 Å². The Labute approximate surface area is 114 Å². The Morgan fingerprint density at radius 2 is 1.95 bits per heavy atom. The van der Waals surface area contributed by atoms with Crippen LogP contribution in [-0.4, -0.2) is 59.2 Å². The highest BCUT2D eigenvalue weighted by atomic mass is 16.2. The van der Waals surface area contributed by atoms with Crippen LogP contribution in [-0.2, 0) is 14.4 Å². The smallest absolute Gasteiger partial charge is 0.246 e. The lowest BCUT2D eigenvalue weighted by Crippen LogP contribution is -2.50. The summed E-state index contributed by atoms with van der Waals surface area (Å²) in [5, 5.41) is 2.97. The molecule has 0 radical (unpaired) electrons. The van der Waals surface area contributed by atoms with Gasteiger partial charge in [-0.15, -0.1) is 0 Å². The van der Waals surface area contributed by atoms with E-state index in [0.717, 1.165) is 0 Å². The van der Waals surface area contributed by atoms with Crippen LogP contribution in [0.4, 0.5) is 0 Å². The molecule has 108 valence electrons. The maximum absolute atomic E-state index is 12.1. The van der Waals surface area contributed by atoms with E-state index in [9.17, 15) is 14.4 Å². The monoisotopic (exact) mass is 269 g/mol. The highest BCUT2D eigenvalue weighted by molar-refractivity contribution is 6.05. The Bertz CT molecular complexity index is 366. The summed E-state index contributed by atoms with van der Waals surface area (Å²) in [5.74, 6) is -0.445. The van der Waals surface area contributed by atoms with E-state index in [1.54, 1.807) is 18.7 Å². The minimum atomic E-state index is -0.568. The summed E-state index contributed by atoms with van der Waals surface area (Å²) in [7, 11) is 0. The van der Waals surface area contributed by atoms with Crippen molar-refractivity contribution in [3.8, 4) is 0 Å². The van der Waals surface area contributed by atoms with Gasteiger partial charge in [0.15, 0.2) is 0 Å². The van der Waals surface area contributed by atoms with Crippen LogP contribution in [0.2, 0.25) is 0 Å². The fraction of sp³-hybridized carbons (Fsp3) is 0.769. The van der Waals surface area contributed by atoms with Gasteiger partial charge >= 0.3 is 0 Å². The van der Waals surface area contributed by atoms with Crippen LogP contribution < -0.4 is 5.32 Å². The van der Waals surface area contributed by atoms with Gasteiger partial charge in [-0.05, 0) is 27.7 Å². The lowest BCUT2D eigenvalue weighted by atomic mass is 10.2. The zero-order valence-electron chi connectivity index (χ0n) is 12.1. The normalized spacial score (nSPS) is 20.8. The SMILES string of the molecule is CCN(CC)C(=O)C(C)NC1CC(=O)N(CC)C1=O. The van der Waals surface area contributed by atoms with E-state index in [1.807, 2.05) is 13.8 Å². The van der Waals surface area contributed by atoms with Crippen LogP contribution >= 0.6 is 0 Å². The van der Waals surface area contributed by atoms with Gasteiger partial charge in [0.25, 0.3) is 0 Å². The highest BCUT2D eigenvalue weighted by Gasteiger charge is 2.38. The molecule has 3 amide bonds. The van der Waals surface area contributed by atoms with Crippen LogP contribution in [0, 0.1) is 0 Å². The summed E-state index contributed by atoms with van der Waals surface area (Å²) >= 11 is 0. The summed E-state index contributed by atoms with van der Waals surface area (Å²) in [5.41, 5.74) is 0. The predicted octanol–water partition coefficient (Wildman–Crippen LogP) is -0.0197. The molecule has 1 rings (SSSR count). The Balaban J connectivity index is 2.63. The van der Waals surface area contributed by atoms with E-state index in [4.69, 9.17) is 0 Å². The van der Waals surface area contributed by atoms with Gasteiger partial charge in [-0.2, -0.15) is 0 Å². The molecule has 0 aliphatic carbocycles. The lowest BCUT2D eigenvalue weighted by molar-refractivity contribution is -0.138. The summed E-state index contributed by atoms with van der Waals surface area (Å²) in [6.45, 7) is 8.98. The van der Waals surface area contributed by atoms with E-state index in [-0.39, 0.29) is 24.1 Å². The van der Waals surface area contributed by atoms with Gasteiger partial charge in [-0.1, -0.05) is 0 Å². The zero-order valence-corrected chi connectivity index (χ0v) is 12.1. The molecule has 1 fully saturated rings. The van der Waals surface area contributed by atoms with E-state index in [1.165, 1.54) is 4.90 Å². The maximum atomic E-state index is 12.1. The van der Waals surface area contributed by atoms with E-state index >= 15 is 0 Å². The van der Waals surface area contributed by atoms with Crippen LogP contribution in [0.1, 0.15) is 34.1 Å². The molecular formula is C13H23N3O3. The highest BCUT2D eigenvalue weighted by Crippen LogP contribution is 2.13. The fourth-order valence-corrected chi connectivity index (χ4v) is 2.33. The van der Waals surface area contributed by atoms with Crippen molar-refractivity contribution < 1.29 is 14.4 Å². The molecule has 2 atom stereocenters. The number of carbonyl (C=O) groups excluding carboxylic acids is 3. The molecule has 1 aliphatic rings. The van der Waals surface area contributed by atoms with Crippen molar-refractivity contribution in [3.63, 3.8) is 0 Å². The van der Waals surface area contributed by atoms with Crippen molar-refractivity contribution in [2.75, 3.05) is 19.6 Å². The van der Waals surface area contributed by atoms with Gasteiger partial charge in [0, 0.05) is 19.6 Å². The van der Waals surface area contributed by atoms with Crippen molar-refractivity contribution in [1.82, 2.24) is 15.1 Å². The Kier molecular flexibility index (Phi) is 5.47. The third-order valence-electron chi connectivity index (χ3n) is 3.46. The Morgan fingerprint density at radius 1 is 1.37 bits per heavy atom. The molecule has 0 aromatic heterocycles. The molecule has 1 saturated heterocycles. The second-order valence-electron chi connectivity index (χ2n) is 4.63. The van der Waals surface area contributed by atoms with E-state index < -0.39 is 12.1 Å². The Hall–Kier alpha value is -1.43. The minimum Gasteiger partial charge on any atom is -0.342 e. The number of imide groups is 1. The van der Waals surface area contributed by atoms with Crippen LogP contribution in [0.15, 0.2) is 0 Å². The third-order valence-corrected chi connectivity index (χ3v) is 3.46. The van der Waals surface area contributed by atoms with E-state index in [0.29, 0.717) is 19.6 Å². The van der Waals surface area contributed by atoms with Crippen LogP contribution in [0.25, 0.3) is 0 Å². The number of amides is 3. The first-order valence-electron chi connectivity index (χ1n) is 6.85. The standard InChI is InChI=1S/C13H23N3O3/c1-5-15(6-2)12(18)9(4)14-10-8-11(17)16(7-3)13(10)19/h9-10,14H,5-8H2,1-4H3. The number of hydrogen-bond donors (Lipinski definition) is 1. The Morgan fingerprint density at radius 3 is 2.37 bits per heavy atom. The lowest BCUT2D eigenvalue weighted by Gasteiger charge is -2.25. The number of rotatable bonds is 6. The molecule has 0 aromatic carbocycles.